The molecule has 3 rings (SSSR count). The third-order valence-corrected chi connectivity index (χ3v) is 5.00. The van der Waals surface area contributed by atoms with Gasteiger partial charge in [0.15, 0.2) is 0 Å². The van der Waals surface area contributed by atoms with E-state index in [1.165, 1.54) is 25.7 Å². The average Bonchev–Trinajstić information content (AvgIpc) is 3.38. The van der Waals surface area contributed by atoms with Gasteiger partial charge < -0.3 is 15.2 Å². The lowest BCUT2D eigenvalue weighted by Crippen LogP contribution is -2.34. The third kappa shape index (κ3) is 4.06. The molecule has 0 bridgehead atoms. The molecule has 3 nitrogen and oxygen atoms in total. The van der Waals surface area contributed by atoms with Gasteiger partial charge in [-0.25, -0.2) is 0 Å². The molecule has 2 atom stereocenters. The molecule has 2 aliphatic carbocycles. The molecule has 0 aromatic heterocycles. The van der Waals surface area contributed by atoms with Gasteiger partial charge in [0.05, 0.1) is 18.8 Å². The Hall–Kier alpha value is -0.900. The fourth-order valence-corrected chi connectivity index (χ4v) is 3.21. The van der Waals surface area contributed by atoms with Gasteiger partial charge in [0, 0.05) is 13.1 Å². The number of nitrogens with one attached hydrogen (secondary N) is 1. The summed E-state index contributed by atoms with van der Waals surface area (Å²) in [6.45, 7) is 4.13. The van der Waals surface area contributed by atoms with E-state index >= 15 is 0 Å². The van der Waals surface area contributed by atoms with Crippen molar-refractivity contribution in [3.8, 4) is 0 Å². The molecule has 0 spiro atoms. The van der Waals surface area contributed by atoms with Crippen LogP contribution in [0.1, 0.15) is 44.3 Å². The van der Waals surface area contributed by atoms with Crippen molar-refractivity contribution in [3.63, 3.8) is 0 Å². The first-order chi connectivity index (χ1) is 10.2. The highest BCUT2D eigenvalue weighted by Gasteiger charge is 2.53. The van der Waals surface area contributed by atoms with Gasteiger partial charge in [-0.15, -0.1) is 0 Å². The summed E-state index contributed by atoms with van der Waals surface area (Å²) in [4.78, 5) is 0. The predicted octanol–water partition coefficient (Wildman–Crippen LogP) is 2.90. The van der Waals surface area contributed by atoms with Crippen molar-refractivity contribution in [2.24, 2.45) is 11.3 Å². The maximum Gasteiger partial charge on any atom is 0.0897 e. The summed E-state index contributed by atoms with van der Waals surface area (Å²) in [5, 5.41) is 13.5. The van der Waals surface area contributed by atoms with Crippen LogP contribution in [-0.4, -0.2) is 30.9 Å². The van der Waals surface area contributed by atoms with Crippen LogP contribution in [0.25, 0.3) is 0 Å². The molecule has 2 aliphatic rings. The molecule has 2 fully saturated rings. The highest BCUT2D eigenvalue weighted by Crippen LogP contribution is 2.60. The highest BCUT2D eigenvalue weighted by atomic mass is 16.5. The van der Waals surface area contributed by atoms with Gasteiger partial charge in [0.1, 0.15) is 0 Å². The zero-order chi connectivity index (χ0) is 14.7. The summed E-state index contributed by atoms with van der Waals surface area (Å²) in [5.41, 5.74) is 1.75. The fraction of sp³-hybridized carbons (Fsp3) is 0.667. The topological polar surface area (TPSA) is 41.5 Å². The zero-order valence-corrected chi connectivity index (χ0v) is 12.9. The van der Waals surface area contributed by atoms with E-state index in [0.717, 1.165) is 18.0 Å². The molecule has 2 saturated carbocycles. The predicted molar refractivity (Wildman–Crippen MR) is 84.1 cm³/mol. The number of aliphatic hydroxyl groups is 1. The van der Waals surface area contributed by atoms with E-state index in [9.17, 15) is 5.11 Å². The Kier molecular flexibility index (Phi) is 4.63. The monoisotopic (exact) mass is 289 g/mol. The molecular formula is C18H27NO2. The Morgan fingerprint density at radius 3 is 2.62 bits per heavy atom. The first kappa shape index (κ1) is 15.0. The minimum Gasteiger partial charge on any atom is -0.389 e. The molecule has 21 heavy (non-hydrogen) atoms. The molecule has 2 N–H and O–H groups in total. The summed E-state index contributed by atoms with van der Waals surface area (Å²) in [7, 11) is 0. The molecule has 0 aliphatic heterocycles. The quantitative estimate of drug-likeness (QED) is 0.734. The minimum atomic E-state index is -0.425. The molecule has 0 radical (unpaired) electrons. The molecular weight excluding hydrogens is 262 g/mol. The largest absolute Gasteiger partial charge is 0.389 e. The fourth-order valence-electron chi connectivity index (χ4n) is 3.21. The van der Waals surface area contributed by atoms with Gasteiger partial charge in [0.25, 0.3) is 0 Å². The smallest absolute Gasteiger partial charge is 0.0897 e. The van der Waals surface area contributed by atoms with Crippen molar-refractivity contribution in [1.82, 2.24) is 5.32 Å². The van der Waals surface area contributed by atoms with Crippen LogP contribution in [0, 0.1) is 11.3 Å². The van der Waals surface area contributed by atoms with E-state index in [1.807, 2.05) is 25.1 Å². The van der Waals surface area contributed by atoms with Crippen LogP contribution in [0.15, 0.2) is 30.3 Å². The van der Waals surface area contributed by atoms with Crippen LogP contribution in [0.3, 0.4) is 0 Å². The summed E-state index contributed by atoms with van der Waals surface area (Å²) in [5.74, 6) is 0.969. The van der Waals surface area contributed by atoms with E-state index in [4.69, 9.17) is 4.74 Å². The minimum absolute atomic E-state index is 0.0297. The van der Waals surface area contributed by atoms with Gasteiger partial charge in [0.2, 0.25) is 0 Å². The number of rotatable bonds is 9. The third-order valence-electron chi connectivity index (χ3n) is 5.00. The molecule has 0 amide bonds. The van der Waals surface area contributed by atoms with Gasteiger partial charge in [-0.2, -0.15) is 0 Å². The molecule has 1 aromatic rings. The Bertz CT molecular complexity index is 440. The van der Waals surface area contributed by atoms with E-state index in [0.29, 0.717) is 18.6 Å². The van der Waals surface area contributed by atoms with Crippen LogP contribution < -0.4 is 5.32 Å². The summed E-state index contributed by atoms with van der Waals surface area (Å²) >= 11 is 0. The second-order valence-electron chi connectivity index (χ2n) is 6.81. The molecule has 0 saturated heterocycles. The molecule has 3 heteroatoms. The number of hydrogen-bond acceptors (Lipinski definition) is 3. The highest BCUT2D eigenvalue weighted by molar-refractivity contribution is 5.16. The maximum atomic E-state index is 10.0. The van der Waals surface area contributed by atoms with Crippen molar-refractivity contribution >= 4 is 0 Å². The second-order valence-corrected chi connectivity index (χ2v) is 6.81. The average molecular weight is 289 g/mol. The SMILES string of the molecule is CC(OCC(O)CNCC1(C2CC2)CC1)c1ccccc1. The normalized spacial score (nSPS) is 22.8. The van der Waals surface area contributed by atoms with Gasteiger partial charge in [-0.1, -0.05) is 30.3 Å². The number of hydrogen-bond donors (Lipinski definition) is 2. The van der Waals surface area contributed by atoms with Gasteiger partial charge in [-0.3, -0.25) is 0 Å². The number of aliphatic hydroxyl groups excluding tert-OH is 1. The van der Waals surface area contributed by atoms with Crippen molar-refractivity contribution in [2.75, 3.05) is 19.7 Å². The van der Waals surface area contributed by atoms with E-state index < -0.39 is 6.10 Å². The molecule has 116 valence electrons. The van der Waals surface area contributed by atoms with Crippen LogP contribution in [-0.2, 0) is 4.74 Å². The lowest BCUT2D eigenvalue weighted by molar-refractivity contribution is -0.00242. The standard InChI is InChI=1S/C18H27NO2/c1-14(15-5-3-2-4-6-15)21-12-17(20)11-19-13-18(9-10-18)16-7-8-16/h2-6,14,16-17,19-20H,7-13H2,1H3. The Balaban J connectivity index is 1.32. The van der Waals surface area contributed by atoms with Crippen molar-refractivity contribution in [3.05, 3.63) is 35.9 Å². The summed E-state index contributed by atoms with van der Waals surface area (Å²) < 4.78 is 5.76. The number of benzene rings is 1. The Morgan fingerprint density at radius 1 is 1.29 bits per heavy atom. The lowest BCUT2D eigenvalue weighted by atomic mass is 10.0. The maximum absolute atomic E-state index is 10.0. The van der Waals surface area contributed by atoms with E-state index in [1.54, 1.807) is 0 Å². The van der Waals surface area contributed by atoms with Crippen LogP contribution in [0.5, 0.6) is 0 Å². The molecule has 1 aromatic carbocycles. The van der Waals surface area contributed by atoms with Crippen LogP contribution >= 0.6 is 0 Å². The molecule has 0 heterocycles. The molecule has 2 unspecified atom stereocenters. The van der Waals surface area contributed by atoms with Crippen molar-refractivity contribution in [2.45, 2.75) is 44.8 Å². The van der Waals surface area contributed by atoms with Crippen LogP contribution in [0.2, 0.25) is 0 Å². The van der Waals surface area contributed by atoms with Gasteiger partial charge in [-0.05, 0) is 49.5 Å². The Morgan fingerprint density at radius 2 is 2.00 bits per heavy atom. The van der Waals surface area contributed by atoms with E-state index in [2.05, 4.69) is 17.4 Å². The summed E-state index contributed by atoms with van der Waals surface area (Å²) in [6, 6.07) is 10.1. The first-order valence-electron chi connectivity index (χ1n) is 8.25. The van der Waals surface area contributed by atoms with Gasteiger partial charge >= 0.3 is 0 Å². The second kappa shape index (κ2) is 6.47. The number of ether oxygens (including phenoxy) is 1. The lowest BCUT2D eigenvalue weighted by Gasteiger charge is -2.19. The van der Waals surface area contributed by atoms with Crippen molar-refractivity contribution in [1.29, 1.82) is 0 Å². The van der Waals surface area contributed by atoms with Crippen LogP contribution in [0.4, 0.5) is 0 Å². The summed E-state index contributed by atoms with van der Waals surface area (Å²) in [6.07, 6.45) is 5.20. The first-order valence-corrected chi connectivity index (χ1v) is 8.25. The Labute approximate surface area is 127 Å². The zero-order valence-electron chi connectivity index (χ0n) is 12.9. The van der Waals surface area contributed by atoms with E-state index in [-0.39, 0.29) is 6.10 Å². The van der Waals surface area contributed by atoms with Crippen molar-refractivity contribution < 1.29 is 9.84 Å².